The Kier molecular flexibility index (Phi) is 6.05. The minimum absolute atomic E-state index is 0.0707. The molecule has 1 fully saturated rings. The number of aromatic carboxylic acids is 1. The highest BCUT2D eigenvalue weighted by molar-refractivity contribution is 6.01. The quantitative estimate of drug-likeness (QED) is 0.365. The molecule has 1 saturated carbocycles. The Morgan fingerprint density at radius 2 is 1.54 bits per heavy atom. The fourth-order valence-electron chi connectivity index (χ4n) is 4.57. The molecule has 0 radical (unpaired) electrons. The Morgan fingerprint density at radius 3 is 2.20 bits per heavy atom. The van der Waals surface area contributed by atoms with E-state index in [1.165, 1.54) is 43.5 Å². The van der Waals surface area contributed by atoms with Crippen molar-refractivity contribution in [1.29, 1.82) is 0 Å². The summed E-state index contributed by atoms with van der Waals surface area (Å²) in [4.78, 5) is 40.9. The predicted molar refractivity (Wildman–Crippen MR) is 128 cm³/mol. The third-order valence-corrected chi connectivity index (χ3v) is 6.35. The Balaban J connectivity index is 1.36. The van der Waals surface area contributed by atoms with E-state index >= 15 is 0 Å². The van der Waals surface area contributed by atoms with Gasteiger partial charge in [-0.2, -0.15) is 0 Å². The van der Waals surface area contributed by atoms with Gasteiger partial charge in [0.1, 0.15) is 12.1 Å². The van der Waals surface area contributed by atoms with Crippen LogP contribution in [0.3, 0.4) is 0 Å². The van der Waals surface area contributed by atoms with Crippen LogP contribution >= 0.6 is 0 Å². The number of aromatic nitrogens is 2. The van der Waals surface area contributed by atoms with Gasteiger partial charge in [0.2, 0.25) is 0 Å². The van der Waals surface area contributed by atoms with E-state index < -0.39 is 17.8 Å². The smallest absolute Gasteiger partial charge is 0.335 e. The number of hydrogen-bond donors (Lipinski definition) is 3. The molecule has 35 heavy (non-hydrogen) atoms. The molecular weight excluding hydrogens is 448 g/mol. The first-order chi connectivity index (χ1) is 17.0. The summed E-state index contributed by atoms with van der Waals surface area (Å²) in [5, 5.41) is 8.97. The van der Waals surface area contributed by atoms with Crippen LogP contribution in [0.25, 0.3) is 22.4 Å². The molecule has 5 rings (SSSR count). The average molecular weight is 473 g/mol. The number of carbonyl (C=O) groups is 3. The number of hydrogen-bond acceptors (Lipinski definition) is 5. The molecule has 2 aromatic carbocycles. The zero-order valence-electron chi connectivity index (χ0n) is 18.9. The second kappa shape index (κ2) is 9.46. The van der Waals surface area contributed by atoms with Crippen LogP contribution in [0.15, 0.2) is 65.5 Å². The summed E-state index contributed by atoms with van der Waals surface area (Å²) in [6, 6.07) is 12.9. The summed E-state index contributed by atoms with van der Waals surface area (Å²) in [6.45, 7) is 0. The van der Waals surface area contributed by atoms with Crippen molar-refractivity contribution in [1.82, 2.24) is 20.4 Å². The number of fused-ring (bicyclic) bond motifs is 1. The molecule has 0 unspecified atom stereocenters. The number of benzene rings is 2. The van der Waals surface area contributed by atoms with Gasteiger partial charge >= 0.3 is 5.97 Å². The van der Waals surface area contributed by atoms with Crippen LogP contribution in [0.2, 0.25) is 0 Å². The number of carbonyl (C=O) groups excluding carboxylic acids is 2. The maximum absolute atomic E-state index is 12.7. The van der Waals surface area contributed by atoms with Gasteiger partial charge in [-0.1, -0.05) is 19.3 Å². The van der Waals surface area contributed by atoms with Gasteiger partial charge in [0, 0.05) is 17.2 Å². The lowest BCUT2D eigenvalue weighted by molar-refractivity contribution is 0.0696. The summed E-state index contributed by atoms with van der Waals surface area (Å²) in [5.41, 5.74) is 7.94. The van der Waals surface area contributed by atoms with E-state index in [4.69, 9.17) is 14.5 Å². The van der Waals surface area contributed by atoms with E-state index in [0.29, 0.717) is 17.1 Å². The third-order valence-electron chi connectivity index (χ3n) is 6.35. The lowest BCUT2D eigenvalue weighted by Gasteiger charge is -2.25. The first kappa shape index (κ1) is 22.4. The largest absolute Gasteiger partial charge is 0.478 e. The van der Waals surface area contributed by atoms with Gasteiger partial charge in [-0.15, -0.1) is 0 Å². The normalized spacial score (nSPS) is 14.1. The van der Waals surface area contributed by atoms with E-state index in [1.807, 2.05) is 12.1 Å². The van der Waals surface area contributed by atoms with E-state index in [1.54, 1.807) is 24.7 Å². The van der Waals surface area contributed by atoms with Crippen molar-refractivity contribution >= 4 is 28.8 Å². The molecule has 0 saturated heterocycles. The first-order valence-electron chi connectivity index (χ1n) is 11.5. The minimum atomic E-state index is -1.08. The van der Waals surface area contributed by atoms with E-state index in [0.717, 1.165) is 29.7 Å². The van der Waals surface area contributed by atoms with Crippen LogP contribution in [0.4, 0.5) is 0 Å². The number of nitrogens with zero attached hydrogens (tertiary/aromatic N) is 2. The highest BCUT2D eigenvalue weighted by atomic mass is 16.4. The standard InChI is InChI=1S/C26H24N4O5/c31-24(16-6-8-17(9-7-16)26(33)34)28-29-25(32)18-10-11-22-21(14-18)27-23(19-12-13-35-15-19)30(22)20-4-2-1-3-5-20/h6-15,20H,1-5H2,(H,28,31)(H,29,32)(H,33,34). The SMILES string of the molecule is O=C(O)c1ccc(C(=O)NNC(=O)c2ccc3c(c2)nc(-c2ccoc2)n3C2CCCCC2)cc1. The van der Waals surface area contributed by atoms with E-state index in [2.05, 4.69) is 15.4 Å². The van der Waals surface area contributed by atoms with E-state index in [9.17, 15) is 14.4 Å². The van der Waals surface area contributed by atoms with E-state index in [-0.39, 0.29) is 11.1 Å². The van der Waals surface area contributed by atoms with Crippen LogP contribution in [0.1, 0.15) is 69.2 Å². The molecule has 9 nitrogen and oxygen atoms in total. The number of carboxylic acid groups (broad SMARTS) is 1. The fourth-order valence-corrected chi connectivity index (χ4v) is 4.57. The number of hydrazine groups is 1. The van der Waals surface area contributed by atoms with Gasteiger partial charge in [0.15, 0.2) is 0 Å². The van der Waals surface area contributed by atoms with Crippen LogP contribution in [-0.2, 0) is 0 Å². The Bertz CT molecular complexity index is 1380. The zero-order valence-corrected chi connectivity index (χ0v) is 18.9. The van der Waals surface area contributed by atoms with Crippen molar-refractivity contribution in [3.05, 3.63) is 77.7 Å². The van der Waals surface area contributed by atoms with Crippen molar-refractivity contribution < 1.29 is 23.9 Å². The molecule has 0 spiro atoms. The molecule has 0 atom stereocenters. The Labute approximate surface area is 200 Å². The molecule has 9 heteroatoms. The number of nitrogens with one attached hydrogen (secondary N) is 2. The molecule has 2 amide bonds. The lowest BCUT2D eigenvalue weighted by atomic mass is 9.95. The number of imidazole rings is 1. The summed E-state index contributed by atoms with van der Waals surface area (Å²) in [6.07, 6.45) is 9.05. The predicted octanol–water partition coefficient (Wildman–Crippen LogP) is 4.57. The van der Waals surface area contributed by atoms with Gasteiger partial charge in [0.05, 0.1) is 28.4 Å². The molecule has 0 aliphatic heterocycles. The molecule has 2 aromatic heterocycles. The Hall–Kier alpha value is -4.40. The number of amides is 2. The van der Waals surface area contributed by atoms with Gasteiger partial charge in [-0.25, -0.2) is 9.78 Å². The van der Waals surface area contributed by atoms with Gasteiger partial charge in [-0.3, -0.25) is 20.4 Å². The van der Waals surface area contributed by atoms with Crippen LogP contribution in [-0.4, -0.2) is 32.4 Å². The monoisotopic (exact) mass is 472 g/mol. The summed E-state index contributed by atoms with van der Waals surface area (Å²) in [7, 11) is 0. The number of furan rings is 1. The molecule has 178 valence electrons. The van der Waals surface area contributed by atoms with Gasteiger partial charge < -0.3 is 14.1 Å². The van der Waals surface area contributed by atoms with Crippen molar-refractivity contribution in [2.75, 3.05) is 0 Å². The molecule has 0 bridgehead atoms. The number of rotatable bonds is 5. The molecule has 1 aliphatic carbocycles. The molecular formula is C26H24N4O5. The molecule has 2 heterocycles. The summed E-state index contributed by atoms with van der Waals surface area (Å²) in [5.74, 6) is -1.31. The highest BCUT2D eigenvalue weighted by Crippen LogP contribution is 2.36. The van der Waals surface area contributed by atoms with Crippen LogP contribution in [0.5, 0.6) is 0 Å². The third kappa shape index (κ3) is 4.52. The lowest BCUT2D eigenvalue weighted by Crippen LogP contribution is -2.41. The van der Waals surface area contributed by atoms with Crippen molar-refractivity contribution in [3.63, 3.8) is 0 Å². The fraction of sp³-hybridized carbons (Fsp3) is 0.231. The second-order valence-electron chi connectivity index (χ2n) is 8.60. The second-order valence-corrected chi connectivity index (χ2v) is 8.60. The van der Waals surface area contributed by atoms with Gasteiger partial charge in [-0.05, 0) is 61.4 Å². The summed E-state index contributed by atoms with van der Waals surface area (Å²) >= 11 is 0. The Morgan fingerprint density at radius 1 is 0.886 bits per heavy atom. The first-order valence-corrected chi connectivity index (χ1v) is 11.5. The maximum atomic E-state index is 12.7. The van der Waals surface area contributed by atoms with Gasteiger partial charge in [0.25, 0.3) is 11.8 Å². The van der Waals surface area contributed by atoms with Crippen molar-refractivity contribution in [2.45, 2.75) is 38.1 Å². The number of carboxylic acids is 1. The van der Waals surface area contributed by atoms with Crippen molar-refractivity contribution in [3.8, 4) is 11.4 Å². The summed E-state index contributed by atoms with van der Waals surface area (Å²) < 4.78 is 7.55. The maximum Gasteiger partial charge on any atom is 0.335 e. The van der Waals surface area contributed by atoms with Crippen LogP contribution in [0, 0.1) is 0 Å². The molecule has 3 N–H and O–H groups in total. The highest BCUT2D eigenvalue weighted by Gasteiger charge is 2.23. The molecule has 4 aromatic rings. The average Bonchev–Trinajstić information content (AvgIpc) is 3.55. The topological polar surface area (TPSA) is 126 Å². The van der Waals surface area contributed by atoms with Crippen molar-refractivity contribution in [2.24, 2.45) is 0 Å². The molecule has 1 aliphatic rings. The van der Waals surface area contributed by atoms with Crippen LogP contribution < -0.4 is 10.9 Å². The zero-order chi connectivity index (χ0) is 24.4. The minimum Gasteiger partial charge on any atom is -0.478 e.